The maximum Gasteiger partial charge on any atom is 0.223 e. The Labute approximate surface area is 102 Å². The van der Waals surface area contributed by atoms with E-state index in [0.717, 1.165) is 5.56 Å². The highest BCUT2D eigenvalue weighted by molar-refractivity contribution is 5.79. The molecule has 1 heterocycles. The van der Waals surface area contributed by atoms with Crippen LogP contribution in [0, 0.1) is 5.92 Å². The van der Waals surface area contributed by atoms with Crippen molar-refractivity contribution in [2.45, 2.75) is 32.4 Å². The van der Waals surface area contributed by atoms with Crippen LogP contribution in [0.2, 0.25) is 0 Å². The summed E-state index contributed by atoms with van der Waals surface area (Å²) < 4.78 is 0. The van der Waals surface area contributed by atoms with Gasteiger partial charge in [0.2, 0.25) is 5.91 Å². The molecule has 0 saturated carbocycles. The van der Waals surface area contributed by atoms with Gasteiger partial charge in [-0.25, -0.2) is 0 Å². The summed E-state index contributed by atoms with van der Waals surface area (Å²) in [6.45, 7) is 4.46. The Balaban J connectivity index is 2.11. The Morgan fingerprint density at radius 2 is 1.94 bits per heavy atom. The molecule has 2 rings (SSSR count). The van der Waals surface area contributed by atoms with Crippen molar-refractivity contribution >= 4 is 5.91 Å². The molecule has 1 aliphatic rings. The summed E-state index contributed by atoms with van der Waals surface area (Å²) in [5, 5.41) is 9.56. The minimum atomic E-state index is -0.410. The van der Waals surface area contributed by atoms with Gasteiger partial charge in [-0.05, 0) is 19.4 Å². The first-order valence-electron chi connectivity index (χ1n) is 6.12. The molecule has 1 N–H and O–H groups in total. The average molecular weight is 233 g/mol. The van der Waals surface area contributed by atoms with Crippen molar-refractivity contribution in [3.63, 3.8) is 0 Å². The topological polar surface area (TPSA) is 40.5 Å². The number of aliphatic hydroxyl groups excluding tert-OH is 1. The highest BCUT2D eigenvalue weighted by Gasteiger charge is 2.35. The van der Waals surface area contributed by atoms with E-state index in [1.54, 1.807) is 6.92 Å². The highest BCUT2D eigenvalue weighted by Crippen LogP contribution is 2.29. The monoisotopic (exact) mass is 233 g/mol. The molecule has 1 fully saturated rings. The molecule has 1 aromatic rings. The summed E-state index contributed by atoms with van der Waals surface area (Å²) in [4.78, 5) is 13.8. The van der Waals surface area contributed by atoms with Crippen LogP contribution in [0.25, 0.3) is 0 Å². The summed E-state index contributed by atoms with van der Waals surface area (Å²) in [5.74, 6) is 0.223. The molecule has 92 valence electrons. The molecule has 1 unspecified atom stereocenters. The van der Waals surface area contributed by atoms with Crippen LogP contribution in [0.4, 0.5) is 0 Å². The van der Waals surface area contributed by atoms with Gasteiger partial charge < -0.3 is 10.0 Å². The van der Waals surface area contributed by atoms with Gasteiger partial charge in [-0.15, -0.1) is 0 Å². The lowest BCUT2D eigenvalue weighted by Crippen LogP contribution is -2.29. The Hall–Kier alpha value is -1.35. The maximum atomic E-state index is 11.9. The van der Waals surface area contributed by atoms with Crippen LogP contribution in [0.5, 0.6) is 0 Å². The zero-order valence-corrected chi connectivity index (χ0v) is 10.3. The number of amides is 1. The zero-order valence-electron chi connectivity index (χ0n) is 10.3. The zero-order chi connectivity index (χ0) is 12.4. The fraction of sp³-hybridized carbons (Fsp3) is 0.500. The van der Waals surface area contributed by atoms with E-state index < -0.39 is 6.10 Å². The van der Waals surface area contributed by atoms with Crippen molar-refractivity contribution < 1.29 is 9.90 Å². The van der Waals surface area contributed by atoms with E-state index in [4.69, 9.17) is 0 Å². The van der Waals surface area contributed by atoms with Crippen molar-refractivity contribution in [2.24, 2.45) is 5.92 Å². The van der Waals surface area contributed by atoms with E-state index in [0.29, 0.717) is 13.0 Å². The normalized spacial score (nSPS) is 23.8. The number of likely N-dealkylation sites (tertiary alicyclic amines) is 1. The van der Waals surface area contributed by atoms with Crippen molar-refractivity contribution in [2.75, 3.05) is 6.54 Å². The molecule has 1 saturated heterocycles. The van der Waals surface area contributed by atoms with Gasteiger partial charge >= 0.3 is 0 Å². The van der Waals surface area contributed by atoms with Gasteiger partial charge in [-0.1, -0.05) is 30.3 Å². The third-order valence-corrected chi connectivity index (χ3v) is 3.62. The smallest absolute Gasteiger partial charge is 0.223 e. The molecule has 0 radical (unpaired) electrons. The summed E-state index contributed by atoms with van der Waals surface area (Å²) >= 11 is 0. The quantitative estimate of drug-likeness (QED) is 0.867. The summed E-state index contributed by atoms with van der Waals surface area (Å²) in [5.41, 5.74) is 1.15. The molecule has 0 bridgehead atoms. The van der Waals surface area contributed by atoms with Crippen LogP contribution in [0.3, 0.4) is 0 Å². The lowest BCUT2D eigenvalue weighted by molar-refractivity contribution is -0.129. The van der Waals surface area contributed by atoms with Gasteiger partial charge in [0.05, 0.1) is 12.1 Å². The Bertz CT molecular complexity index is 388. The molecule has 1 aliphatic heterocycles. The van der Waals surface area contributed by atoms with Crippen molar-refractivity contribution in [1.82, 2.24) is 4.90 Å². The van der Waals surface area contributed by atoms with Crippen LogP contribution < -0.4 is 0 Å². The molecule has 1 aromatic carbocycles. The van der Waals surface area contributed by atoms with E-state index in [1.807, 2.05) is 42.2 Å². The second-order valence-corrected chi connectivity index (χ2v) is 4.84. The number of nitrogens with zero attached hydrogens (tertiary/aromatic N) is 1. The molecular formula is C14H19NO2. The van der Waals surface area contributed by atoms with Crippen molar-refractivity contribution in [1.29, 1.82) is 0 Å². The van der Waals surface area contributed by atoms with Gasteiger partial charge in [-0.2, -0.15) is 0 Å². The Morgan fingerprint density at radius 1 is 1.29 bits per heavy atom. The van der Waals surface area contributed by atoms with E-state index in [9.17, 15) is 9.90 Å². The molecule has 3 heteroatoms. The third kappa shape index (κ3) is 2.50. The van der Waals surface area contributed by atoms with E-state index in [-0.39, 0.29) is 17.9 Å². The number of carbonyl (C=O) groups is 1. The molecule has 0 aliphatic carbocycles. The number of hydrogen-bond donors (Lipinski definition) is 1. The summed E-state index contributed by atoms with van der Waals surface area (Å²) in [6.07, 6.45) is 0.0568. The van der Waals surface area contributed by atoms with Gasteiger partial charge in [0, 0.05) is 18.9 Å². The van der Waals surface area contributed by atoms with Crippen molar-refractivity contribution in [3.05, 3.63) is 35.9 Å². The van der Waals surface area contributed by atoms with Crippen LogP contribution in [-0.2, 0) is 4.79 Å². The number of aliphatic hydroxyl groups is 1. The number of carbonyl (C=O) groups excluding carboxylic acids is 1. The largest absolute Gasteiger partial charge is 0.393 e. The lowest BCUT2D eigenvalue weighted by Gasteiger charge is -2.25. The van der Waals surface area contributed by atoms with Crippen LogP contribution >= 0.6 is 0 Å². The van der Waals surface area contributed by atoms with Gasteiger partial charge in [0.1, 0.15) is 0 Å². The number of benzene rings is 1. The maximum absolute atomic E-state index is 11.9. The predicted octanol–water partition coefficient (Wildman–Crippen LogP) is 1.98. The third-order valence-electron chi connectivity index (χ3n) is 3.62. The van der Waals surface area contributed by atoms with E-state index >= 15 is 0 Å². The SMILES string of the molecule is C[C@H](O)C1CC(=O)N([C@H](C)c2ccccc2)C1. The first-order valence-corrected chi connectivity index (χ1v) is 6.12. The van der Waals surface area contributed by atoms with E-state index in [2.05, 4.69) is 0 Å². The van der Waals surface area contributed by atoms with Gasteiger partial charge in [-0.3, -0.25) is 4.79 Å². The molecule has 0 spiro atoms. The first-order chi connectivity index (χ1) is 8.09. The molecule has 3 atom stereocenters. The summed E-state index contributed by atoms with van der Waals surface area (Å²) in [6, 6.07) is 10.1. The fourth-order valence-electron chi connectivity index (χ4n) is 2.37. The van der Waals surface area contributed by atoms with Crippen molar-refractivity contribution in [3.8, 4) is 0 Å². The minimum absolute atomic E-state index is 0.0775. The average Bonchev–Trinajstić information content (AvgIpc) is 2.72. The first kappa shape index (κ1) is 12.1. The molecule has 0 aromatic heterocycles. The summed E-state index contributed by atoms with van der Waals surface area (Å²) in [7, 11) is 0. The molecule has 1 amide bonds. The molecule has 17 heavy (non-hydrogen) atoms. The lowest BCUT2D eigenvalue weighted by atomic mass is 10.0. The Kier molecular flexibility index (Phi) is 3.48. The van der Waals surface area contributed by atoms with Crippen LogP contribution in [-0.4, -0.2) is 28.6 Å². The fourth-order valence-corrected chi connectivity index (χ4v) is 2.37. The van der Waals surface area contributed by atoms with Crippen LogP contribution in [0.15, 0.2) is 30.3 Å². The molecular weight excluding hydrogens is 214 g/mol. The Morgan fingerprint density at radius 3 is 2.47 bits per heavy atom. The van der Waals surface area contributed by atoms with E-state index in [1.165, 1.54) is 0 Å². The highest BCUT2D eigenvalue weighted by atomic mass is 16.3. The van der Waals surface area contributed by atoms with Crippen LogP contribution in [0.1, 0.15) is 31.9 Å². The minimum Gasteiger partial charge on any atom is -0.393 e. The second kappa shape index (κ2) is 4.88. The second-order valence-electron chi connectivity index (χ2n) is 4.84. The number of hydrogen-bond acceptors (Lipinski definition) is 2. The van der Waals surface area contributed by atoms with Gasteiger partial charge in [0.25, 0.3) is 0 Å². The predicted molar refractivity (Wildman–Crippen MR) is 66.4 cm³/mol. The van der Waals surface area contributed by atoms with Gasteiger partial charge in [0.15, 0.2) is 0 Å². The standard InChI is InChI=1S/C14H19NO2/c1-10(12-6-4-3-5-7-12)15-9-13(11(2)16)8-14(15)17/h3-7,10-11,13,16H,8-9H2,1-2H3/t10-,11+,13?/m1/s1. The number of rotatable bonds is 3. The molecule has 3 nitrogen and oxygen atoms in total.